The molecule has 0 bridgehead atoms. The standard InChI is InChI=1S/C20H20N6S/c21-12-15-7-9-23-19(11-15)25-20-24-17(14-27-20)18-6-2-4-10-26(18)13-16-5-1-3-8-22-16/h1,3,5,7-9,11,14,18H,2,4,6,10,13H2,(H,23,24,25)/t18-/m1/s1. The van der Waals surface area contributed by atoms with Crippen LogP contribution in [0.15, 0.2) is 48.1 Å². The van der Waals surface area contributed by atoms with Gasteiger partial charge in [-0.15, -0.1) is 11.3 Å². The van der Waals surface area contributed by atoms with Gasteiger partial charge in [-0.05, 0) is 43.7 Å². The molecular formula is C20H20N6S. The molecule has 0 spiro atoms. The molecule has 1 N–H and O–H groups in total. The van der Waals surface area contributed by atoms with Crippen LogP contribution >= 0.6 is 11.3 Å². The van der Waals surface area contributed by atoms with Gasteiger partial charge < -0.3 is 5.32 Å². The number of nitriles is 1. The zero-order valence-corrected chi connectivity index (χ0v) is 15.7. The SMILES string of the molecule is N#Cc1ccnc(Nc2nc([C@H]3CCCCN3Cc3ccccn3)cs2)c1. The van der Waals surface area contributed by atoms with Gasteiger partial charge in [0, 0.05) is 24.3 Å². The Morgan fingerprint density at radius 1 is 1.22 bits per heavy atom. The van der Waals surface area contributed by atoms with Gasteiger partial charge in [-0.2, -0.15) is 5.26 Å². The van der Waals surface area contributed by atoms with Gasteiger partial charge in [0.25, 0.3) is 0 Å². The van der Waals surface area contributed by atoms with Crippen LogP contribution < -0.4 is 5.32 Å². The normalized spacial score (nSPS) is 17.4. The van der Waals surface area contributed by atoms with E-state index in [0.717, 1.165) is 36.0 Å². The van der Waals surface area contributed by atoms with Gasteiger partial charge in [-0.3, -0.25) is 9.88 Å². The van der Waals surface area contributed by atoms with Crippen LogP contribution in [0.5, 0.6) is 0 Å². The van der Waals surface area contributed by atoms with Crippen LogP contribution in [0.25, 0.3) is 0 Å². The summed E-state index contributed by atoms with van der Waals surface area (Å²) >= 11 is 1.57. The molecule has 0 unspecified atom stereocenters. The lowest BCUT2D eigenvalue weighted by molar-refractivity contribution is 0.136. The molecule has 136 valence electrons. The average molecular weight is 376 g/mol. The minimum atomic E-state index is 0.311. The van der Waals surface area contributed by atoms with E-state index in [1.807, 2.05) is 18.3 Å². The summed E-state index contributed by atoms with van der Waals surface area (Å²) in [5.74, 6) is 0.643. The Morgan fingerprint density at radius 2 is 2.19 bits per heavy atom. The molecule has 4 heterocycles. The van der Waals surface area contributed by atoms with Crippen LogP contribution in [0.3, 0.4) is 0 Å². The molecule has 1 atom stereocenters. The number of likely N-dealkylation sites (tertiary alicyclic amines) is 1. The Balaban J connectivity index is 1.49. The quantitative estimate of drug-likeness (QED) is 0.716. The second-order valence-electron chi connectivity index (χ2n) is 6.55. The number of pyridine rings is 2. The van der Waals surface area contributed by atoms with Crippen molar-refractivity contribution in [1.29, 1.82) is 5.26 Å². The first-order valence-corrected chi connectivity index (χ1v) is 9.92. The lowest BCUT2D eigenvalue weighted by Gasteiger charge is -2.34. The lowest BCUT2D eigenvalue weighted by Crippen LogP contribution is -2.33. The Bertz CT molecular complexity index is 933. The van der Waals surface area contributed by atoms with Crippen molar-refractivity contribution >= 4 is 22.3 Å². The highest BCUT2D eigenvalue weighted by Gasteiger charge is 2.26. The molecule has 1 aliphatic rings. The van der Waals surface area contributed by atoms with Gasteiger partial charge >= 0.3 is 0 Å². The first kappa shape index (κ1) is 17.6. The van der Waals surface area contributed by atoms with Gasteiger partial charge in [-0.25, -0.2) is 9.97 Å². The third kappa shape index (κ3) is 4.30. The topological polar surface area (TPSA) is 77.7 Å². The second-order valence-corrected chi connectivity index (χ2v) is 7.41. The van der Waals surface area contributed by atoms with Crippen LogP contribution in [0.4, 0.5) is 10.9 Å². The van der Waals surface area contributed by atoms with Crippen molar-refractivity contribution in [3.8, 4) is 6.07 Å². The predicted octanol–water partition coefficient (Wildman–Crippen LogP) is 4.28. The second kappa shape index (κ2) is 8.25. The van der Waals surface area contributed by atoms with Gasteiger partial charge in [0.05, 0.1) is 29.1 Å². The van der Waals surface area contributed by atoms with Gasteiger partial charge in [0.2, 0.25) is 0 Å². The van der Waals surface area contributed by atoms with E-state index in [-0.39, 0.29) is 0 Å². The van der Waals surface area contributed by atoms with E-state index >= 15 is 0 Å². The van der Waals surface area contributed by atoms with E-state index in [1.54, 1.807) is 29.7 Å². The van der Waals surface area contributed by atoms with Crippen molar-refractivity contribution < 1.29 is 0 Å². The van der Waals surface area contributed by atoms with Crippen LogP contribution in [-0.4, -0.2) is 26.4 Å². The number of hydrogen-bond acceptors (Lipinski definition) is 7. The molecule has 7 heteroatoms. The fourth-order valence-electron chi connectivity index (χ4n) is 3.39. The fraction of sp³-hybridized carbons (Fsp3) is 0.300. The number of nitrogens with one attached hydrogen (secondary N) is 1. The molecule has 0 saturated carbocycles. The monoisotopic (exact) mass is 376 g/mol. The molecule has 0 aliphatic carbocycles. The molecule has 3 aromatic heterocycles. The number of piperidine rings is 1. The van der Waals surface area contributed by atoms with E-state index < -0.39 is 0 Å². The summed E-state index contributed by atoms with van der Waals surface area (Å²) in [5.41, 5.74) is 2.77. The lowest BCUT2D eigenvalue weighted by atomic mass is 9.99. The highest BCUT2D eigenvalue weighted by Crippen LogP contribution is 2.34. The van der Waals surface area contributed by atoms with Gasteiger partial charge in [0.15, 0.2) is 5.13 Å². The van der Waals surface area contributed by atoms with E-state index in [1.165, 1.54) is 12.8 Å². The van der Waals surface area contributed by atoms with E-state index in [0.29, 0.717) is 17.4 Å². The highest BCUT2D eigenvalue weighted by atomic mass is 32.1. The zero-order chi connectivity index (χ0) is 18.5. The first-order chi connectivity index (χ1) is 13.3. The van der Waals surface area contributed by atoms with Gasteiger partial charge in [0.1, 0.15) is 5.82 Å². The van der Waals surface area contributed by atoms with Crippen molar-refractivity contribution in [2.24, 2.45) is 0 Å². The number of thiazole rings is 1. The van der Waals surface area contributed by atoms with E-state index in [4.69, 9.17) is 10.2 Å². The van der Waals surface area contributed by atoms with Crippen LogP contribution in [-0.2, 0) is 6.54 Å². The first-order valence-electron chi connectivity index (χ1n) is 9.04. The highest BCUT2D eigenvalue weighted by molar-refractivity contribution is 7.13. The van der Waals surface area contributed by atoms with E-state index in [9.17, 15) is 0 Å². The van der Waals surface area contributed by atoms with E-state index in [2.05, 4.69) is 37.7 Å². The average Bonchev–Trinajstić information content (AvgIpc) is 3.17. The van der Waals surface area contributed by atoms with Crippen LogP contribution in [0.1, 0.15) is 42.3 Å². The van der Waals surface area contributed by atoms with Crippen molar-refractivity contribution in [2.45, 2.75) is 31.8 Å². The van der Waals surface area contributed by atoms with Crippen molar-refractivity contribution in [2.75, 3.05) is 11.9 Å². The maximum atomic E-state index is 9.02. The fourth-order valence-corrected chi connectivity index (χ4v) is 4.15. The van der Waals surface area contributed by atoms with Gasteiger partial charge in [-0.1, -0.05) is 12.5 Å². The summed E-state index contributed by atoms with van der Waals surface area (Å²) in [4.78, 5) is 16.0. The largest absolute Gasteiger partial charge is 0.316 e. The summed E-state index contributed by atoms with van der Waals surface area (Å²) in [6.45, 7) is 1.91. The summed E-state index contributed by atoms with van der Waals surface area (Å²) in [7, 11) is 0. The molecule has 0 amide bonds. The summed E-state index contributed by atoms with van der Waals surface area (Å²) in [5, 5.41) is 15.2. The molecule has 3 aromatic rings. The van der Waals surface area contributed by atoms with Crippen molar-refractivity contribution in [3.05, 3.63) is 65.1 Å². The van der Waals surface area contributed by atoms with Crippen molar-refractivity contribution in [1.82, 2.24) is 19.9 Å². The number of anilines is 2. The maximum Gasteiger partial charge on any atom is 0.188 e. The van der Waals surface area contributed by atoms with Crippen molar-refractivity contribution in [3.63, 3.8) is 0 Å². The molecule has 0 aromatic carbocycles. The summed E-state index contributed by atoms with van der Waals surface area (Å²) in [6, 6.07) is 11.9. The molecular weight excluding hydrogens is 356 g/mol. The number of hydrogen-bond donors (Lipinski definition) is 1. The molecule has 1 aliphatic heterocycles. The number of aromatic nitrogens is 3. The molecule has 27 heavy (non-hydrogen) atoms. The molecule has 1 fully saturated rings. The minimum absolute atomic E-state index is 0.311. The molecule has 6 nitrogen and oxygen atoms in total. The van der Waals surface area contributed by atoms with Crippen LogP contribution in [0, 0.1) is 11.3 Å². The Hall–Kier alpha value is -2.82. The molecule has 0 radical (unpaired) electrons. The number of nitrogens with zero attached hydrogens (tertiary/aromatic N) is 5. The minimum Gasteiger partial charge on any atom is -0.316 e. The Morgan fingerprint density at radius 3 is 3.04 bits per heavy atom. The zero-order valence-electron chi connectivity index (χ0n) is 14.9. The molecule has 1 saturated heterocycles. The third-order valence-electron chi connectivity index (χ3n) is 4.69. The third-order valence-corrected chi connectivity index (χ3v) is 5.47. The molecule has 4 rings (SSSR count). The van der Waals surface area contributed by atoms with Crippen LogP contribution in [0.2, 0.25) is 0 Å². The smallest absolute Gasteiger partial charge is 0.188 e. The maximum absolute atomic E-state index is 9.02. The Labute approximate surface area is 162 Å². The Kier molecular flexibility index (Phi) is 5.37. The summed E-state index contributed by atoms with van der Waals surface area (Å²) in [6.07, 6.45) is 7.02. The number of rotatable bonds is 5. The summed E-state index contributed by atoms with van der Waals surface area (Å²) < 4.78 is 0. The predicted molar refractivity (Wildman–Crippen MR) is 106 cm³/mol.